The maximum absolute atomic E-state index is 12.5. The second-order valence-electron chi connectivity index (χ2n) is 5.88. The molecule has 0 saturated heterocycles. The summed E-state index contributed by atoms with van der Waals surface area (Å²) in [5.74, 6) is 0.261. The standard InChI is InChI=1S/C18H22N2O/c1-14-5-3-6-16(13-14)8-9-18(21)20-12-11-19-10-4-7-17(19)15(20)2/h3-7,10,13,15H,8-9,11-12H2,1-2H3. The Bertz CT molecular complexity index is 644. The van der Waals surface area contributed by atoms with E-state index in [1.807, 2.05) is 4.90 Å². The van der Waals surface area contributed by atoms with E-state index in [0.29, 0.717) is 6.42 Å². The van der Waals surface area contributed by atoms with E-state index in [4.69, 9.17) is 0 Å². The fraction of sp³-hybridized carbons (Fsp3) is 0.389. The predicted octanol–water partition coefficient (Wildman–Crippen LogP) is 3.33. The zero-order valence-corrected chi connectivity index (χ0v) is 12.7. The molecule has 1 aliphatic heterocycles. The molecule has 2 heterocycles. The van der Waals surface area contributed by atoms with Crippen LogP contribution in [0.5, 0.6) is 0 Å². The summed E-state index contributed by atoms with van der Waals surface area (Å²) in [6.45, 7) is 5.93. The topological polar surface area (TPSA) is 25.2 Å². The molecule has 3 rings (SSSR count). The first-order chi connectivity index (χ1) is 10.1. The van der Waals surface area contributed by atoms with Crippen LogP contribution in [0.4, 0.5) is 0 Å². The number of carbonyl (C=O) groups excluding carboxylic acids is 1. The Morgan fingerprint density at radius 2 is 2.10 bits per heavy atom. The molecule has 0 aliphatic carbocycles. The van der Waals surface area contributed by atoms with Crippen LogP contribution in [0.2, 0.25) is 0 Å². The maximum Gasteiger partial charge on any atom is 0.223 e. The SMILES string of the molecule is Cc1cccc(CCC(=O)N2CCn3cccc3C2C)c1. The third kappa shape index (κ3) is 2.87. The number of aromatic nitrogens is 1. The van der Waals surface area contributed by atoms with E-state index in [9.17, 15) is 4.79 Å². The van der Waals surface area contributed by atoms with Gasteiger partial charge in [0.05, 0.1) is 6.04 Å². The predicted molar refractivity (Wildman–Crippen MR) is 84.1 cm³/mol. The van der Waals surface area contributed by atoms with Gasteiger partial charge in [0.2, 0.25) is 5.91 Å². The van der Waals surface area contributed by atoms with Crippen LogP contribution >= 0.6 is 0 Å². The van der Waals surface area contributed by atoms with E-state index < -0.39 is 0 Å². The van der Waals surface area contributed by atoms with Gasteiger partial charge >= 0.3 is 0 Å². The molecule has 3 heteroatoms. The average Bonchev–Trinajstić information content (AvgIpc) is 2.95. The molecule has 1 aromatic heterocycles. The van der Waals surface area contributed by atoms with E-state index in [2.05, 4.69) is 61.0 Å². The number of nitrogens with zero attached hydrogens (tertiary/aromatic N) is 2. The van der Waals surface area contributed by atoms with Crippen LogP contribution in [0, 0.1) is 6.92 Å². The summed E-state index contributed by atoms with van der Waals surface area (Å²) in [6, 6.07) is 12.8. The monoisotopic (exact) mass is 282 g/mol. The van der Waals surface area contributed by atoms with Crippen molar-refractivity contribution in [1.29, 1.82) is 0 Å². The molecule has 3 nitrogen and oxygen atoms in total. The highest BCUT2D eigenvalue weighted by Crippen LogP contribution is 2.26. The van der Waals surface area contributed by atoms with Gasteiger partial charge in [-0.15, -0.1) is 0 Å². The number of benzene rings is 1. The van der Waals surface area contributed by atoms with Crippen molar-refractivity contribution in [3.8, 4) is 0 Å². The lowest BCUT2D eigenvalue weighted by Crippen LogP contribution is -2.40. The van der Waals surface area contributed by atoms with Crippen molar-refractivity contribution >= 4 is 5.91 Å². The summed E-state index contributed by atoms with van der Waals surface area (Å²) in [5, 5.41) is 0. The molecule has 0 spiro atoms. The van der Waals surface area contributed by atoms with Gasteiger partial charge in [0.25, 0.3) is 0 Å². The largest absolute Gasteiger partial charge is 0.348 e. The third-order valence-corrected chi connectivity index (χ3v) is 4.37. The van der Waals surface area contributed by atoms with Gasteiger partial charge in [0.1, 0.15) is 0 Å². The normalized spacial score (nSPS) is 17.6. The summed E-state index contributed by atoms with van der Waals surface area (Å²) in [7, 11) is 0. The molecular weight excluding hydrogens is 260 g/mol. The lowest BCUT2D eigenvalue weighted by molar-refractivity contribution is -0.134. The van der Waals surface area contributed by atoms with Crippen LogP contribution in [-0.4, -0.2) is 21.9 Å². The summed E-state index contributed by atoms with van der Waals surface area (Å²) >= 11 is 0. The van der Waals surface area contributed by atoms with Gasteiger partial charge in [-0.05, 0) is 38.0 Å². The van der Waals surface area contributed by atoms with E-state index in [1.165, 1.54) is 16.8 Å². The van der Waals surface area contributed by atoms with Crippen LogP contribution in [0.15, 0.2) is 42.6 Å². The van der Waals surface area contributed by atoms with Crippen molar-refractivity contribution in [2.24, 2.45) is 0 Å². The van der Waals surface area contributed by atoms with Crippen LogP contribution < -0.4 is 0 Å². The van der Waals surface area contributed by atoms with Crippen molar-refractivity contribution < 1.29 is 4.79 Å². The summed E-state index contributed by atoms with van der Waals surface area (Å²) in [5.41, 5.74) is 3.74. The van der Waals surface area contributed by atoms with E-state index in [0.717, 1.165) is 19.5 Å². The minimum Gasteiger partial charge on any atom is -0.348 e. The molecule has 0 bridgehead atoms. The van der Waals surface area contributed by atoms with Crippen molar-refractivity contribution in [3.05, 3.63) is 59.4 Å². The minimum atomic E-state index is 0.179. The Balaban J connectivity index is 1.64. The van der Waals surface area contributed by atoms with Crippen molar-refractivity contribution in [2.75, 3.05) is 6.54 Å². The molecular formula is C18H22N2O. The minimum absolute atomic E-state index is 0.179. The first kappa shape index (κ1) is 13.9. The fourth-order valence-electron chi connectivity index (χ4n) is 3.18. The highest BCUT2D eigenvalue weighted by atomic mass is 16.2. The smallest absolute Gasteiger partial charge is 0.223 e. The van der Waals surface area contributed by atoms with E-state index >= 15 is 0 Å². The fourth-order valence-corrected chi connectivity index (χ4v) is 3.18. The van der Waals surface area contributed by atoms with Gasteiger partial charge in [0.15, 0.2) is 0 Å². The van der Waals surface area contributed by atoms with E-state index in [1.54, 1.807) is 0 Å². The molecule has 110 valence electrons. The first-order valence-corrected chi connectivity index (χ1v) is 7.65. The number of rotatable bonds is 3. The van der Waals surface area contributed by atoms with Crippen LogP contribution in [0.1, 0.15) is 36.2 Å². The Kier molecular flexibility index (Phi) is 3.82. The van der Waals surface area contributed by atoms with Gasteiger partial charge < -0.3 is 9.47 Å². The van der Waals surface area contributed by atoms with Gasteiger partial charge in [0, 0.05) is 31.4 Å². The summed E-state index contributed by atoms with van der Waals surface area (Å²) < 4.78 is 2.25. The van der Waals surface area contributed by atoms with Crippen molar-refractivity contribution in [1.82, 2.24) is 9.47 Å². The highest BCUT2D eigenvalue weighted by molar-refractivity contribution is 5.77. The van der Waals surface area contributed by atoms with Crippen LogP contribution in [0.3, 0.4) is 0 Å². The van der Waals surface area contributed by atoms with Gasteiger partial charge in [-0.1, -0.05) is 29.8 Å². The number of hydrogen-bond donors (Lipinski definition) is 0. The number of amides is 1. The van der Waals surface area contributed by atoms with Crippen molar-refractivity contribution in [3.63, 3.8) is 0 Å². The number of fused-ring (bicyclic) bond motifs is 1. The second-order valence-corrected chi connectivity index (χ2v) is 5.88. The molecule has 1 atom stereocenters. The lowest BCUT2D eigenvalue weighted by Gasteiger charge is -2.35. The van der Waals surface area contributed by atoms with Crippen molar-refractivity contribution in [2.45, 2.75) is 39.3 Å². The molecule has 21 heavy (non-hydrogen) atoms. The average molecular weight is 282 g/mol. The Morgan fingerprint density at radius 3 is 2.90 bits per heavy atom. The van der Waals surface area contributed by atoms with Gasteiger partial charge in [-0.3, -0.25) is 4.79 Å². The van der Waals surface area contributed by atoms with Crippen LogP contribution in [0.25, 0.3) is 0 Å². The number of carbonyl (C=O) groups is 1. The second kappa shape index (κ2) is 5.76. The molecule has 0 saturated carbocycles. The quantitative estimate of drug-likeness (QED) is 0.847. The molecule has 2 aromatic rings. The molecule has 1 unspecified atom stereocenters. The van der Waals surface area contributed by atoms with Gasteiger partial charge in [-0.2, -0.15) is 0 Å². The zero-order valence-electron chi connectivity index (χ0n) is 12.7. The molecule has 1 aliphatic rings. The van der Waals surface area contributed by atoms with Crippen LogP contribution in [-0.2, 0) is 17.8 Å². The zero-order chi connectivity index (χ0) is 14.8. The Labute approximate surface area is 126 Å². The Morgan fingerprint density at radius 1 is 1.24 bits per heavy atom. The highest BCUT2D eigenvalue weighted by Gasteiger charge is 2.26. The Hall–Kier alpha value is -2.03. The third-order valence-electron chi connectivity index (χ3n) is 4.37. The summed E-state index contributed by atoms with van der Waals surface area (Å²) in [4.78, 5) is 14.5. The molecule has 0 radical (unpaired) electrons. The molecule has 0 fully saturated rings. The van der Waals surface area contributed by atoms with Gasteiger partial charge in [-0.25, -0.2) is 0 Å². The first-order valence-electron chi connectivity index (χ1n) is 7.65. The van der Waals surface area contributed by atoms with E-state index in [-0.39, 0.29) is 11.9 Å². The summed E-state index contributed by atoms with van der Waals surface area (Å²) in [6.07, 6.45) is 3.51. The molecule has 1 amide bonds. The maximum atomic E-state index is 12.5. The number of aryl methyl sites for hydroxylation is 2. The molecule has 0 N–H and O–H groups in total. The lowest BCUT2D eigenvalue weighted by atomic mass is 10.1. The number of hydrogen-bond acceptors (Lipinski definition) is 1. The molecule has 1 aromatic carbocycles.